The number of halogens is 1. The van der Waals surface area contributed by atoms with Crippen molar-refractivity contribution in [2.75, 3.05) is 19.6 Å². The van der Waals surface area contributed by atoms with Gasteiger partial charge in [0.2, 0.25) is 0 Å². The Labute approximate surface area is 145 Å². The van der Waals surface area contributed by atoms with Crippen molar-refractivity contribution in [3.05, 3.63) is 47.8 Å². The summed E-state index contributed by atoms with van der Waals surface area (Å²) in [6.45, 7) is 11.0. The van der Waals surface area contributed by atoms with Gasteiger partial charge in [0, 0.05) is 44.0 Å². The first kappa shape index (κ1) is 18.0. The third kappa shape index (κ3) is 4.34. The van der Waals surface area contributed by atoms with Crippen LogP contribution in [0.2, 0.25) is 0 Å². The van der Waals surface area contributed by atoms with Crippen molar-refractivity contribution in [3.63, 3.8) is 0 Å². The van der Waals surface area contributed by atoms with Gasteiger partial charge < -0.3 is 5.32 Å². The average molecular weight is 335 g/mol. The molecule has 1 aromatic heterocycles. The molecule has 3 rings (SSSR count). The van der Waals surface area contributed by atoms with Gasteiger partial charge in [-0.25, -0.2) is 4.68 Å². The second-order valence-corrected chi connectivity index (χ2v) is 6.56. The molecule has 1 N–H and O–H groups in total. The van der Waals surface area contributed by atoms with Crippen LogP contribution in [0.3, 0.4) is 0 Å². The molecule has 0 bridgehead atoms. The van der Waals surface area contributed by atoms with Gasteiger partial charge in [0.1, 0.15) is 0 Å². The highest BCUT2D eigenvalue weighted by molar-refractivity contribution is 5.85. The summed E-state index contributed by atoms with van der Waals surface area (Å²) in [6, 6.07) is 10.9. The van der Waals surface area contributed by atoms with Crippen LogP contribution in [0.5, 0.6) is 0 Å². The first-order chi connectivity index (χ1) is 10.6. The van der Waals surface area contributed by atoms with E-state index in [9.17, 15) is 0 Å². The van der Waals surface area contributed by atoms with Crippen LogP contribution in [0.15, 0.2) is 36.5 Å². The minimum absolute atomic E-state index is 0. The van der Waals surface area contributed by atoms with Gasteiger partial charge in [-0.1, -0.05) is 32.0 Å². The normalized spacial score (nSPS) is 18.9. The first-order valence-corrected chi connectivity index (χ1v) is 8.23. The Kier molecular flexibility index (Phi) is 6.22. The largest absolute Gasteiger partial charge is 0.312 e. The van der Waals surface area contributed by atoms with Crippen molar-refractivity contribution < 1.29 is 0 Å². The SMILES string of the molecule is CC(C)c1nn(-c2ccccc2)cc1CN1CCN[C@@H](C)C1.Cl. The fourth-order valence-electron chi connectivity index (χ4n) is 3.14. The van der Waals surface area contributed by atoms with Gasteiger partial charge >= 0.3 is 0 Å². The lowest BCUT2D eigenvalue weighted by Gasteiger charge is -2.31. The maximum absolute atomic E-state index is 4.84. The van der Waals surface area contributed by atoms with E-state index in [1.807, 2.05) is 10.7 Å². The molecule has 1 aliphatic heterocycles. The van der Waals surface area contributed by atoms with Gasteiger partial charge in [-0.2, -0.15) is 5.10 Å². The van der Waals surface area contributed by atoms with Crippen LogP contribution in [-0.4, -0.2) is 40.4 Å². The molecule has 1 saturated heterocycles. The molecule has 23 heavy (non-hydrogen) atoms. The first-order valence-electron chi connectivity index (χ1n) is 8.23. The molecule has 1 atom stereocenters. The van der Waals surface area contributed by atoms with Crippen LogP contribution < -0.4 is 5.32 Å². The lowest BCUT2D eigenvalue weighted by atomic mass is 10.1. The molecule has 0 saturated carbocycles. The van der Waals surface area contributed by atoms with Gasteiger partial charge in [0.25, 0.3) is 0 Å². The van der Waals surface area contributed by atoms with E-state index in [2.05, 4.69) is 61.5 Å². The Morgan fingerprint density at radius 2 is 2.00 bits per heavy atom. The zero-order valence-electron chi connectivity index (χ0n) is 14.2. The quantitative estimate of drug-likeness (QED) is 0.932. The summed E-state index contributed by atoms with van der Waals surface area (Å²) >= 11 is 0. The predicted octanol–water partition coefficient (Wildman–Crippen LogP) is 3.21. The summed E-state index contributed by atoms with van der Waals surface area (Å²) in [6.07, 6.45) is 2.21. The minimum Gasteiger partial charge on any atom is -0.312 e. The van der Waals surface area contributed by atoms with Crippen molar-refractivity contribution in [1.82, 2.24) is 20.0 Å². The van der Waals surface area contributed by atoms with Crippen LogP contribution in [0, 0.1) is 0 Å². The molecular formula is C18H27ClN4. The molecule has 0 unspecified atom stereocenters. The number of nitrogens with one attached hydrogen (secondary N) is 1. The van der Waals surface area contributed by atoms with Gasteiger partial charge in [-0.3, -0.25) is 4.90 Å². The van der Waals surface area contributed by atoms with Gasteiger partial charge in [-0.15, -0.1) is 12.4 Å². The van der Waals surface area contributed by atoms with Crippen LogP contribution in [0.1, 0.15) is 37.9 Å². The minimum atomic E-state index is 0. The molecule has 1 aromatic carbocycles. The van der Waals surface area contributed by atoms with Crippen LogP contribution >= 0.6 is 12.4 Å². The van der Waals surface area contributed by atoms with E-state index >= 15 is 0 Å². The molecule has 0 aliphatic carbocycles. The van der Waals surface area contributed by atoms with Crippen LogP contribution in [-0.2, 0) is 6.54 Å². The molecule has 2 aromatic rings. The maximum atomic E-state index is 4.84. The van der Waals surface area contributed by atoms with Gasteiger partial charge in [0.05, 0.1) is 11.4 Å². The van der Waals surface area contributed by atoms with E-state index in [4.69, 9.17) is 5.10 Å². The van der Waals surface area contributed by atoms with Crippen molar-refractivity contribution in [2.45, 2.75) is 39.3 Å². The van der Waals surface area contributed by atoms with Gasteiger partial charge in [0.15, 0.2) is 0 Å². The number of hydrogen-bond donors (Lipinski definition) is 1. The highest BCUT2D eigenvalue weighted by Gasteiger charge is 2.20. The Bertz CT molecular complexity index is 609. The standard InChI is InChI=1S/C18H26N4.ClH/c1-14(2)18-16(12-21-10-9-19-15(3)11-21)13-22(20-18)17-7-5-4-6-8-17;/h4-8,13-15,19H,9-12H2,1-3H3;1H/t15-;/m0./s1. The number of rotatable bonds is 4. The molecule has 0 spiro atoms. The van der Waals surface area contributed by atoms with Crippen LogP contribution in [0.25, 0.3) is 5.69 Å². The van der Waals surface area contributed by atoms with Gasteiger partial charge in [-0.05, 0) is 25.0 Å². The third-order valence-corrected chi connectivity index (χ3v) is 4.24. The third-order valence-electron chi connectivity index (χ3n) is 4.24. The monoisotopic (exact) mass is 334 g/mol. The van der Waals surface area contributed by atoms with E-state index in [1.165, 1.54) is 11.3 Å². The molecule has 0 amide bonds. The Balaban J connectivity index is 0.00000192. The highest BCUT2D eigenvalue weighted by Crippen LogP contribution is 2.21. The highest BCUT2D eigenvalue weighted by atomic mass is 35.5. The van der Waals surface area contributed by atoms with E-state index < -0.39 is 0 Å². The molecule has 4 nitrogen and oxygen atoms in total. The van der Waals surface area contributed by atoms with Crippen molar-refractivity contribution in [1.29, 1.82) is 0 Å². The summed E-state index contributed by atoms with van der Waals surface area (Å²) in [5.41, 5.74) is 3.70. The number of piperazine rings is 1. The second-order valence-electron chi connectivity index (χ2n) is 6.56. The molecule has 2 heterocycles. The van der Waals surface area contributed by atoms with E-state index in [0.717, 1.165) is 31.9 Å². The molecule has 126 valence electrons. The van der Waals surface area contributed by atoms with Crippen molar-refractivity contribution in [3.8, 4) is 5.69 Å². The number of hydrogen-bond acceptors (Lipinski definition) is 3. The number of nitrogens with zero attached hydrogens (tertiary/aromatic N) is 3. The van der Waals surface area contributed by atoms with E-state index in [1.54, 1.807) is 0 Å². The Hall–Kier alpha value is -1.36. The zero-order valence-corrected chi connectivity index (χ0v) is 15.0. The lowest BCUT2D eigenvalue weighted by molar-refractivity contribution is 0.199. The Morgan fingerprint density at radius 1 is 1.26 bits per heavy atom. The lowest BCUT2D eigenvalue weighted by Crippen LogP contribution is -2.48. The van der Waals surface area contributed by atoms with Crippen molar-refractivity contribution >= 4 is 12.4 Å². The number of benzene rings is 1. The topological polar surface area (TPSA) is 33.1 Å². The smallest absolute Gasteiger partial charge is 0.0699 e. The van der Waals surface area contributed by atoms with E-state index in [0.29, 0.717) is 12.0 Å². The molecule has 1 aliphatic rings. The summed E-state index contributed by atoms with van der Waals surface area (Å²) in [5.74, 6) is 0.445. The fourth-order valence-corrected chi connectivity index (χ4v) is 3.14. The second kappa shape index (κ2) is 7.95. The summed E-state index contributed by atoms with van der Waals surface area (Å²) in [4.78, 5) is 2.53. The van der Waals surface area contributed by atoms with E-state index in [-0.39, 0.29) is 12.4 Å². The van der Waals surface area contributed by atoms with Crippen LogP contribution in [0.4, 0.5) is 0 Å². The summed E-state index contributed by atoms with van der Waals surface area (Å²) < 4.78 is 2.02. The molecular weight excluding hydrogens is 308 g/mol. The molecule has 5 heteroatoms. The fraction of sp³-hybridized carbons (Fsp3) is 0.500. The predicted molar refractivity (Wildman–Crippen MR) is 97.6 cm³/mol. The molecule has 1 fully saturated rings. The summed E-state index contributed by atoms with van der Waals surface area (Å²) in [5, 5.41) is 8.34. The number of aromatic nitrogens is 2. The zero-order chi connectivity index (χ0) is 15.5. The van der Waals surface area contributed by atoms with Crippen molar-refractivity contribution in [2.24, 2.45) is 0 Å². The Morgan fingerprint density at radius 3 is 2.65 bits per heavy atom. The number of para-hydroxylation sites is 1. The maximum Gasteiger partial charge on any atom is 0.0699 e. The average Bonchev–Trinajstić information content (AvgIpc) is 2.92. The molecule has 0 radical (unpaired) electrons. The summed E-state index contributed by atoms with van der Waals surface area (Å²) in [7, 11) is 0.